The van der Waals surface area contributed by atoms with Gasteiger partial charge in [0.05, 0.1) is 17.7 Å². The van der Waals surface area contributed by atoms with Crippen molar-refractivity contribution in [3.8, 4) is 17.6 Å². The van der Waals surface area contributed by atoms with E-state index in [1.807, 2.05) is 12.1 Å². The number of benzene rings is 2. The lowest BCUT2D eigenvalue weighted by Gasteiger charge is -2.27. The first-order chi connectivity index (χ1) is 9.69. The zero-order chi connectivity index (χ0) is 14.1. The number of hydrogen-bond donors (Lipinski definition) is 3. The van der Waals surface area contributed by atoms with Gasteiger partial charge in [0.1, 0.15) is 0 Å². The fourth-order valence-electron chi connectivity index (χ4n) is 2.63. The second kappa shape index (κ2) is 4.87. The van der Waals surface area contributed by atoms with Gasteiger partial charge in [-0.25, -0.2) is 0 Å². The standard InChI is InChI=1S/C16H14N2O2/c17-9-10-1-3-11(4-2-10)16-13-8-15(20)14(19)7-12(13)5-6-18-16/h1-4,7-8,16,18-20H,5-6H2/t16-/m1/s1. The minimum absolute atomic E-state index is 0.0296. The van der Waals surface area contributed by atoms with Crippen molar-refractivity contribution in [2.45, 2.75) is 12.5 Å². The molecule has 0 aliphatic carbocycles. The fourth-order valence-corrected chi connectivity index (χ4v) is 2.63. The highest BCUT2D eigenvalue weighted by molar-refractivity contribution is 5.50. The number of nitrogens with zero attached hydrogens (tertiary/aromatic N) is 1. The maximum Gasteiger partial charge on any atom is 0.157 e. The molecule has 3 N–H and O–H groups in total. The summed E-state index contributed by atoms with van der Waals surface area (Å²) in [4.78, 5) is 0. The molecule has 0 spiro atoms. The van der Waals surface area contributed by atoms with Crippen LogP contribution >= 0.6 is 0 Å². The van der Waals surface area contributed by atoms with E-state index in [-0.39, 0.29) is 17.5 Å². The Morgan fingerprint density at radius 3 is 2.50 bits per heavy atom. The predicted octanol–water partition coefficient (Wildman–Crippen LogP) is 2.20. The van der Waals surface area contributed by atoms with Gasteiger partial charge in [-0.05, 0) is 47.4 Å². The molecule has 0 unspecified atom stereocenters. The quantitative estimate of drug-likeness (QED) is 0.692. The summed E-state index contributed by atoms with van der Waals surface area (Å²) in [5, 5.41) is 31.5. The Morgan fingerprint density at radius 2 is 1.80 bits per heavy atom. The van der Waals surface area contributed by atoms with Crippen LogP contribution in [0.3, 0.4) is 0 Å². The van der Waals surface area contributed by atoms with Crippen LogP contribution in [0.15, 0.2) is 36.4 Å². The smallest absolute Gasteiger partial charge is 0.157 e. The van der Waals surface area contributed by atoms with Gasteiger partial charge >= 0.3 is 0 Å². The van der Waals surface area contributed by atoms with Crippen molar-refractivity contribution < 1.29 is 10.2 Å². The van der Waals surface area contributed by atoms with E-state index in [4.69, 9.17) is 5.26 Å². The highest BCUT2D eigenvalue weighted by atomic mass is 16.3. The van der Waals surface area contributed by atoms with Crippen LogP contribution in [0.4, 0.5) is 0 Å². The van der Waals surface area contributed by atoms with E-state index in [0.717, 1.165) is 29.7 Å². The Kier molecular flexibility index (Phi) is 3.05. The van der Waals surface area contributed by atoms with Crippen molar-refractivity contribution in [2.24, 2.45) is 0 Å². The van der Waals surface area contributed by atoms with E-state index in [0.29, 0.717) is 5.56 Å². The molecule has 0 bridgehead atoms. The first-order valence-corrected chi connectivity index (χ1v) is 6.47. The second-order valence-electron chi connectivity index (χ2n) is 4.91. The molecule has 20 heavy (non-hydrogen) atoms. The van der Waals surface area contributed by atoms with E-state index in [2.05, 4.69) is 11.4 Å². The van der Waals surface area contributed by atoms with E-state index >= 15 is 0 Å². The Bertz CT molecular complexity index is 687. The van der Waals surface area contributed by atoms with Crippen LogP contribution in [-0.2, 0) is 6.42 Å². The lowest BCUT2D eigenvalue weighted by Crippen LogP contribution is -2.30. The van der Waals surface area contributed by atoms with E-state index in [1.165, 1.54) is 0 Å². The molecule has 0 aromatic heterocycles. The number of rotatable bonds is 1. The number of fused-ring (bicyclic) bond motifs is 1. The molecule has 1 aliphatic rings. The van der Waals surface area contributed by atoms with Crippen LogP contribution in [-0.4, -0.2) is 16.8 Å². The van der Waals surface area contributed by atoms with Crippen LogP contribution in [0.25, 0.3) is 0 Å². The van der Waals surface area contributed by atoms with Gasteiger partial charge in [0.15, 0.2) is 11.5 Å². The normalized spacial score (nSPS) is 17.2. The van der Waals surface area contributed by atoms with Crippen molar-refractivity contribution >= 4 is 0 Å². The molecule has 0 saturated heterocycles. The molecule has 1 aliphatic heterocycles. The summed E-state index contributed by atoms with van der Waals surface area (Å²) in [6.07, 6.45) is 0.815. The Morgan fingerprint density at radius 1 is 1.10 bits per heavy atom. The molecular formula is C16H14N2O2. The van der Waals surface area contributed by atoms with E-state index in [9.17, 15) is 10.2 Å². The highest BCUT2D eigenvalue weighted by Crippen LogP contribution is 2.36. The molecular weight excluding hydrogens is 252 g/mol. The second-order valence-corrected chi connectivity index (χ2v) is 4.91. The van der Waals surface area contributed by atoms with Crippen LogP contribution in [0.2, 0.25) is 0 Å². The fraction of sp³-hybridized carbons (Fsp3) is 0.188. The van der Waals surface area contributed by atoms with Crippen molar-refractivity contribution in [3.63, 3.8) is 0 Å². The third-order valence-electron chi connectivity index (χ3n) is 3.66. The minimum Gasteiger partial charge on any atom is -0.504 e. The number of aromatic hydroxyl groups is 2. The summed E-state index contributed by atoms with van der Waals surface area (Å²) in [6.45, 7) is 0.807. The molecule has 100 valence electrons. The lowest BCUT2D eigenvalue weighted by molar-refractivity contribution is 0.400. The molecule has 4 heteroatoms. The third kappa shape index (κ3) is 2.09. The van der Waals surface area contributed by atoms with Crippen molar-refractivity contribution in [2.75, 3.05) is 6.54 Å². The molecule has 0 saturated carbocycles. The largest absolute Gasteiger partial charge is 0.504 e. The molecule has 0 fully saturated rings. The van der Waals surface area contributed by atoms with Gasteiger partial charge in [0.25, 0.3) is 0 Å². The molecule has 1 heterocycles. The van der Waals surface area contributed by atoms with Crippen LogP contribution in [0, 0.1) is 11.3 Å². The van der Waals surface area contributed by atoms with Gasteiger partial charge in [0.2, 0.25) is 0 Å². The summed E-state index contributed by atoms with van der Waals surface area (Å²) in [5.41, 5.74) is 3.66. The predicted molar refractivity (Wildman–Crippen MR) is 74.5 cm³/mol. The van der Waals surface area contributed by atoms with Gasteiger partial charge in [0, 0.05) is 6.54 Å². The van der Waals surface area contributed by atoms with E-state index < -0.39 is 0 Å². The van der Waals surface area contributed by atoms with Gasteiger partial charge < -0.3 is 15.5 Å². The Balaban J connectivity index is 2.04. The SMILES string of the molecule is N#Cc1ccc([C@H]2NCCc3cc(O)c(O)cc32)cc1. The average molecular weight is 266 g/mol. The van der Waals surface area contributed by atoms with Gasteiger partial charge in [-0.3, -0.25) is 0 Å². The topological polar surface area (TPSA) is 76.3 Å². The average Bonchev–Trinajstić information content (AvgIpc) is 2.48. The van der Waals surface area contributed by atoms with Gasteiger partial charge in [-0.15, -0.1) is 0 Å². The number of phenols is 2. The van der Waals surface area contributed by atoms with Crippen molar-refractivity contribution in [1.29, 1.82) is 5.26 Å². The van der Waals surface area contributed by atoms with Gasteiger partial charge in [-0.2, -0.15) is 5.26 Å². The van der Waals surface area contributed by atoms with Gasteiger partial charge in [-0.1, -0.05) is 12.1 Å². The zero-order valence-electron chi connectivity index (χ0n) is 10.8. The monoisotopic (exact) mass is 266 g/mol. The lowest BCUT2D eigenvalue weighted by atomic mass is 9.89. The minimum atomic E-state index is -0.105. The van der Waals surface area contributed by atoms with E-state index in [1.54, 1.807) is 24.3 Å². The molecule has 4 nitrogen and oxygen atoms in total. The third-order valence-corrected chi connectivity index (χ3v) is 3.66. The summed E-state index contributed by atoms with van der Waals surface area (Å²) >= 11 is 0. The van der Waals surface area contributed by atoms with Crippen LogP contribution in [0.1, 0.15) is 28.3 Å². The first-order valence-electron chi connectivity index (χ1n) is 6.47. The molecule has 0 amide bonds. The van der Waals surface area contributed by atoms with Crippen LogP contribution < -0.4 is 5.32 Å². The van der Waals surface area contributed by atoms with Crippen molar-refractivity contribution in [1.82, 2.24) is 5.32 Å². The number of hydrogen-bond acceptors (Lipinski definition) is 4. The molecule has 0 radical (unpaired) electrons. The van der Waals surface area contributed by atoms with Crippen LogP contribution in [0.5, 0.6) is 11.5 Å². The molecule has 1 atom stereocenters. The first kappa shape index (κ1) is 12.5. The maximum absolute atomic E-state index is 9.70. The molecule has 2 aromatic rings. The zero-order valence-corrected chi connectivity index (χ0v) is 10.8. The number of phenolic OH excluding ortho intramolecular Hbond substituents is 2. The summed E-state index contributed by atoms with van der Waals surface area (Å²) in [7, 11) is 0. The Labute approximate surface area is 116 Å². The number of nitrogens with one attached hydrogen (secondary N) is 1. The number of nitriles is 1. The Hall–Kier alpha value is -2.51. The molecule has 3 rings (SSSR count). The highest BCUT2D eigenvalue weighted by Gasteiger charge is 2.23. The molecule has 2 aromatic carbocycles. The maximum atomic E-state index is 9.70. The summed E-state index contributed by atoms with van der Waals surface area (Å²) in [5.74, 6) is -0.185. The summed E-state index contributed by atoms with van der Waals surface area (Å²) in [6, 6.07) is 12.7. The summed E-state index contributed by atoms with van der Waals surface area (Å²) < 4.78 is 0. The van der Waals surface area contributed by atoms with Crippen molar-refractivity contribution in [3.05, 3.63) is 58.7 Å².